The zero-order chi connectivity index (χ0) is 25.1. The number of hydrogen-bond donors (Lipinski definition) is 0. The van der Waals surface area contributed by atoms with Crippen molar-refractivity contribution in [3.05, 3.63) is 44.8 Å². The van der Waals surface area contributed by atoms with Crippen LogP contribution in [0.2, 0.25) is 0 Å². The SMILES string of the molecule is CCOC(=O)C1CCN(C(=O)CC2=CSC3=NC(C)=C(C(=O)OC(C)C)[C@H](c4ccsc4)N23)CC1. The molecule has 1 saturated heterocycles. The van der Waals surface area contributed by atoms with Gasteiger partial charge in [-0.05, 0) is 68.3 Å². The highest BCUT2D eigenvalue weighted by molar-refractivity contribution is 8.16. The molecule has 0 aliphatic carbocycles. The van der Waals surface area contributed by atoms with Crippen LogP contribution in [0.3, 0.4) is 0 Å². The smallest absolute Gasteiger partial charge is 0.338 e. The predicted octanol–water partition coefficient (Wildman–Crippen LogP) is 4.47. The van der Waals surface area contributed by atoms with Crippen LogP contribution >= 0.6 is 23.1 Å². The zero-order valence-corrected chi connectivity index (χ0v) is 22.1. The summed E-state index contributed by atoms with van der Waals surface area (Å²) in [5, 5.41) is 6.70. The van der Waals surface area contributed by atoms with Crippen LogP contribution in [-0.2, 0) is 23.9 Å². The molecule has 0 spiro atoms. The number of amides is 1. The lowest BCUT2D eigenvalue weighted by Gasteiger charge is -2.37. The van der Waals surface area contributed by atoms with E-state index in [0.717, 1.165) is 16.4 Å². The van der Waals surface area contributed by atoms with Crippen LogP contribution in [0, 0.1) is 5.92 Å². The number of likely N-dealkylation sites (tertiary alicyclic amines) is 1. The van der Waals surface area contributed by atoms with Gasteiger partial charge in [0, 0.05) is 18.8 Å². The van der Waals surface area contributed by atoms with E-state index < -0.39 is 6.04 Å². The van der Waals surface area contributed by atoms with Crippen LogP contribution in [0.15, 0.2) is 44.2 Å². The van der Waals surface area contributed by atoms with Crippen molar-refractivity contribution < 1.29 is 23.9 Å². The van der Waals surface area contributed by atoms with Crippen LogP contribution in [0.5, 0.6) is 0 Å². The molecule has 4 heterocycles. The standard InChI is InChI=1S/C25H31N3O5S2/c1-5-32-23(30)17-6-9-27(10-7-17)20(29)12-19-14-35-25-26-16(4)21(24(31)33-15(2)3)22(28(19)25)18-8-11-34-13-18/h8,11,13-15,17,22H,5-7,9-10,12H2,1-4H3/t22-/m0/s1. The average molecular weight is 518 g/mol. The van der Waals surface area contributed by atoms with Crippen molar-refractivity contribution in [3.63, 3.8) is 0 Å². The van der Waals surface area contributed by atoms with Crippen LogP contribution in [0.4, 0.5) is 0 Å². The molecule has 1 atom stereocenters. The van der Waals surface area contributed by atoms with Gasteiger partial charge in [-0.25, -0.2) is 9.79 Å². The van der Waals surface area contributed by atoms with E-state index in [-0.39, 0.29) is 36.3 Å². The lowest BCUT2D eigenvalue weighted by atomic mass is 9.95. The van der Waals surface area contributed by atoms with Gasteiger partial charge in [-0.1, -0.05) is 11.8 Å². The van der Waals surface area contributed by atoms with Gasteiger partial charge < -0.3 is 19.3 Å². The number of thioether (sulfide) groups is 1. The van der Waals surface area contributed by atoms with E-state index in [2.05, 4.69) is 0 Å². The number of nitrogens with zero attached hydrogens (tertiary/aromatic N) is 3. The number of piperidine rings is 1. The molecule has 1 amide bonds. The number of amidine groups is 1. The number of thiophene rings is 1. The maximum absolute atomic E-state index is 13.2. The van der Waals surface area contributed by atoms with Crippen molar-refractivity contribution in [1.29, 1.82) is 0 Å². The second kappa shape index (κ2) is 11.0. The summed E-state index contributed by atoms with van der Waals surface area (Å²) >= 11 is 3.02. The van der Waals surface area contributed by atoms with Gasteiger partial charge in [0.05, 0.1) is 42.4 Å². The van der Waals surface area contributed by atoms with E-state index in [0.29, 0.717) is 43.8 Å². The molecule has 10 heteroatoms. The molecule has 0 bridgehead atoms. The maximum Gasteiger partial charge on any atom is 0.338 e. The number of allylic oxidation sites excluding steroid dienone is 1. The monoisotopic (exact) mass is 517 g/mol. The minimum atomic E-state index is -0.399. The molecule has 3 aliphatic rings. The normalized spacial score (nSPS) is 20.5. The van der Waals surface area contributed by atoms with Crippen LogP contribution in [0.1, 0.15) is 58.6 Å². The lowest BCUT2D eigenvalue weighted by Crippen LogP contribution is -2.42. The number of ether oxygens (including phenoxy) is 2. The van der Waals surface area contributed by atoms with Crippen molar-refractivity contribution >= 4 is 46.1 Å². The fraction of sp³-hybridized carbons (Fsp3) is 0.520. The molecule has 1 aromatic heterocycles. The first-order valence-electron chi connectivity index (χ1n) is 11.9. The second-order valence-electron chi connectivity index (χ2n) is 8.99. The Balaban J connectivity index is 1.51. The summed E-state index contributed by atoms with van der Waals surface area (Å²) in [6.45, 7) is 8.71. The Hall–Kier alpha value is -2.59. The third kappa shape index (κ3) is 5.48. The average Bonchev–Trinajstić information content (AvgIpc) is 3.48. The van der Waals surface area contributed by atoms with Gasteiger partial charge >= 0.3 is 11.9 Å². The molecule has 0 N–H and O–H groups in total. The highest BCUT2D eigenvalue weighted by Gasteiger charge is 2.42. The Bertz CT molecular complexity index is 1070. The first-order valence-corrected chi connectivity index (χ1v) is 13.7. The Morgan fingerprint density at radius 2 is 1.97 bits per heavy atom. The Morgan fingerprint density at radius 3 is 2.60 bits per heavy atom. The number of aliphatic imine (C=N–C) groups is 1. The molecular formula is C25H31N3O5S2. The largest absolute Gasteiger partial charge is 0.466 e. The topological polar surface area (TPSA) is 88.5 Å². The molecule has 35 heavy (non-hydrogen) atoms. The van der Waals surface area contributed by atoms with E-state index >= 15 is 0 Å². The van der Waals surface area contributed by atoms with E-state index in [1.165, 1.54) is 11.8 Å². The van der Waals surface area contributed by atoms with Gasteiger partial charge in [-0.2, -0.15) is 11.3 Å². The maximum atomic E-state index is 13.2. The van der Waals surface area contributed by atoms with Gasteiger partial charge in [0.2, 0.25) is 5.91 Å². The first kappa shape index (κ1) is 25.5. The Kier molecular flexibility index (Phi) is 8.01. The van der Waals surface area contributed by atoms with Crippen molar-refractivity contribution in [2.24, 2.45) is 10.9 Å². The number of fused-ring (bicyclic) bond motifs is 1. The van der Waals surface area contributed by atoms with Gasteiger partial charge in [-0.15, -0.1) is 0 Å². The predicted molar refractivity (Wildman–Crippen MR) is 136 cm³/mol. The van der Waals surface area contributed by atoms with Gasteiger partial charge in [0.1, 0.15) is 0 Å². The van der Waals surface area contributed by atoms with Crippen LogP contribution in [-0.4, -0.2) is 58.6 Å². The molecule has 0 saturated carbocycles. The van der Waals surface area contributed by atoms with Gasteiger partial charge in [0.15, 0.2) is 5.17 Å². The molecule has 0 radical (unpaired) electrons. The summed E-state index contributed by atoms with van der Waals surface area (Å²) in [5.41, 5.74) is 2.91. The molecule has 8 nitrogen and oxygen atoms in total. The van der Waals surface area contributed by atoms with Crippen molar-refractivity contribution in [2.75, 3.05) is 19.7 Å². The molecule has 0 aromatic carbocycles. The summed E-state index contributed by atoms with van der Waals surface area (Å²) in [7, 11) is 0. The number of carbonyl (C=O) groups excluding carboxylic acids is 3. The summed E-state index contributed by atoms with van der Waals surface area (Å²) in [6.07, 6.45) is 1.17. The lowest BCUT2D eigenvalue weighted by molar-refractivity contribution is -0.151. The number of rotatable bonds is 7. The van der Waals surface area contributed by atoms with E-state index in [4.69, 9.17) is 14.5 Å². The Labute approximate surface area is 214 Å². The second-order valence-corrected chi connectivity index (χ2v) is 10.6. The minimum absolute atomic E-state index is 0.00191. The zero-order valence-electron chi connectivity index (χ0n) is 20.5. The number of esters is 2. The molecule has 0 unspecified atom stereocenters. The first-order chi connectivity index (χ1) is 16.8. The van der Waals surface area contributed by atoms with E-state index in [1.54, 1.807) is 18.3 Å². The van der Waals surface area contributed by atoms with Gasteiger partial charge in [-0.3, -0.25) is 9.59 Å². The van der Waals surface area contributed by atoms with E-state index in [1.807, 2.05) is 52.8 Å². The summed E-state index contributed by atoms with van der Waals surface area (Å²) in [5.74, 6) is -0.709. The number of hydrogen-bond acceptors (Lipinski definition) is 9. The quantitative estimate of drug-likeness (QED) is 0.493. The molecular weight excluding hydrogens is 486 g/mol. The minimum Gasteiger partial charge on any atom is -0.466 e. The van der Waals surface area contributed by atoms with Crippen LogP contribution in [0.25, 0.3) is 0 Å². The Morgan fingerprint density at radius 1 is 1.23 bits per heavy atom. The molecule has 3 aliphatic heterocycles. The highest BCUT2D eigenvalue weighted by atomic mass is 32.2. The summed E-state index contributed by atoms with van der Waals surface area (Å²) in [4.78, 5) is 46.9. The van der Waals surface area contributed by atoms with Gasteiger partial charge in [0.25, 0.3) is 0 Å². The summed E-state index contributed by atoms with van der Waals surface area (Å²) < 4.78 is 10.7. The molecule has 4 rings (SSSR count). The molecule has 1 fully saturated rings. The van der Waals surface area contributed by atoms with Crippen molar-refractivity contribution in [3.8, 4) is 0 Å². The van der Waals surface area contributed by atoms with E-state index in [9.17, 15) is 14.4 Å². The third-order valence-electron chi connectivity index (χ3n) is 6.22. The third-order valence-corrected chi connectivity index (χ3v) is 7.81. The van der Waals surface area contributed by atoms with Crippen LogP contribution < -0.4 is 0 Å². The van der Waals surface area contributed by atoms with Crippen molar-refractivity contribution in [1.82, 2.24) is 9.80 Å². The van der Waals surface area contributed by atoms with Crippen molar-refractivity contribution in [2.45, 2.75) is 59.1 Å². The molecule has 188 valence electrons. The highest BCUT2D eigenvalue weighted by Crippen LogP contribution is 2.45. The fourth-order valence-electron chi connectivity index (χ4n) is 4.55. The number of carbonyl (C=O) groups is 3. The molecule has 1 aromatic rings. The fourth-order valence-corrected chi connectivity index (χ4v) is 6.19. The summed E-state index contributed by atoms with van der Waals surface area (Å²) in [6, 6.07) is 1.60.